The standard InChI is InChI=1S/C18H18N4O4/c23-11-14(24)17-15(21-19-12-7-3-1-4-8-12)16(18(25)26-17)22-20-13-9-5-2-6-10-13/h1-10,14,17,19-20,23-24H,11H2/b21-15+,22-16+/t14-,17-/m0/s1. The zero-order valence-corrected chi connectivity index (χ0v) is 13.7. The number of aliphatic hydroxyl groups is 2. The molecule has 3 rings (SSSR count). The van der Waals surface area contributed by atoms with Gasteiger partial charge in [-0.15, -0.1) is 0 Å². The van der Waals surface area contributed by atoms with Gasteiger partial charge >= 0.3 is 5.97 Å². The number of nitrogens with one attached hydrogen (secondary N) is 2. The Morgan fingerprint density at radius 3 is 2.04 bits per heavy atom. The summed E-state index contributed by atoms with van der Waals surface area (Å²) in [5, 5.41) is 27.4. The quantitative estimate of drug-likeness (QED) is 0.458. The Hall–Kier alpha value is -3.23. The molecular formula is C18H18N4O4. The molecule has 0 unspecified atom stereocenters. The number of esters is 1. The van der Waals surface area contributed by atoms with Crippen molar-refractivity contribution in [2.45, 2.75) is 12.2 Å². The second kappa shape index (κ2) is 8.24. The third kappa shape index (κ3) is 4.05. The predicted molar refractivity (Wildman–Crippen MR) is 98.0 cm³/mol. The first kappa shape index (κ1) is 17.6. The number of benzene rings is 2. The van der Waals surface area contributed by atoms with Crippen molar-refractivity contribution in [3.63, 3.8) is 0 Å². The highest BCUT2D eigenvalue weighted by atomic mass is 16.6. The normalized spacial score (nSPS) is 20.8. The van der Waals surface area contributed by atoms with Gasteiger partial charge in [-0.1, -0.05) is 36.4 Å². The lowest BCUT2D eigenvalue weighted by atomic mass is 10.1. The van der Waals surface area contributed by atoms with Gasteiger partial charge < -0.3 is 14.9 Å². The topological polar surface area (TPSA) is 116 Å². The zero-order chi connectivity index (χ0) is 18.4. The molecule has 0 aliphatic carbocycles. The number of carbonyl (C=O) groups excluding carboxylic acids is 1. The lowest BCUT2D eigenvalue weighted by Crippen LogP contribution is -2.36. The van der Waals surface area contributed by atoms with Gasteiger partial charge in [0.1, 0.15) is 11.8 Å². The van der Waals surface area contributed by atoms with Crippen molar-refractivity contribution in [3.8, 4) is 0 Å². The Morgan fingerprint density at radius 2 is 1.50 bits per heavy atom. The van der Waals surface area contributed by atoms with Crippen LogP contribution in [-0.2, 0) is 9.53 Å². The lowest BCUT2D eigenvalue weighted by molar-refractivity contribution is -0.140. The fourth-order valence-electron chi connectivity index (χ4n) is 2.31. The van der Waals surface area contributed by atoms with E-state index in [0.29, 0.717) is 11.4 Å². The van der Waals surface area contributed by atoms with Crippen LogP contribution >= 0.6 is 0 Å². The van der Waals surface area contributed by atoms with Crippen LogP contribution < -0.4 is 10.9 Å². The molecule has 134 valence electrons. The number of hydrazone groups is 2. The van der Waals surface area contributed by atoms with E-state index in [1.165, 1.54) is 0 Å². The number of nitrogens with zero attached hydrogens (tertiary/aromatic N) is 2. The smallest absolute Gasteiger partial charge is 0.361 e. The van der Waals surface area contributed by atoms with Crippen LogP contribution in [0.1, 0.15) is 0 Å². The number of para-hydroxylation sites is 2. The van der Waals surface area contributed by atoms with Crippen LogP contribution in [0.25, 0.3) is 0 Å². The Morgan fingerprint density at radius 1 is 0.962 bits per heavy atom. The van der Waals surface area contributed by atoms with Gasteiger partial charge in [-0.25, -0.2) is 4.79 Å². The Balaban J connectivity index is 1.88. The lowest BCUT2D eigenvalue weighted by Gasteiger charge is -2.14. The molecule has 0 radical (unpaired) electrons. The van der Waals surface area contributed by atoms with E-state index in [9.17, 15) is 15.0 Å². The van der Waals surface area contributed by atoms with Gasteiger partial charge in [0.05, 0.1) is 18.0 Å². The highest BCUT2D eigenvalue weighted by molar-refractivity contribution is 6.69. The van der Waals surface area contributed by atoms with E-state index >= 15 is 0 Å². The summed E-state index contributed by atoms with van der Waals surface area (Å²) in [6.45, 7) is -0.582. The number of aliphatic hydroxyl groups excluding tert-OH is 2. The van der Waals surface area contributed by atoms with Crippen LogP contribution in [0.15, 0.2) is 70.9 Å². The molecule has 0 aromatic heterocycles. The number of rotatable bonds is 6. The first-order chi connectivity index (χ1) is 12.7. The molecule has 0 bridgehead atoms. The maximum atomic E-state index is 12.2. The zero-order valence-electron chi connectivity index (χ0n) is 13.7. The molecule has 8 nitrogen and oxygen atoms in total. The van der Waals surface area contributed by atoms with Crippen molar-refractivity contribution in [1.29, 1.82) is 0 Å². The van der Waals surface area contributed by atoms with Crippen LogP contribution in [0.3, 0.4) is 0 Å². The van der Waals surface area contributed by atoms with Crippen molar-refractivity contribution in [1.82, 2.24) is 0 Å². The first-order valence-electron chi connectivity index (χ1n) is 7.96. The molecule has 1 fully saturated rings. The highest BCUT2D eigenvalue weighted by Crippen LogP contribution is 2.16. The largest absolute Gasteiger partial charge is 0.448 e. The van der Waals surface area contributed by atoms with Crippen LogP contribution in [-0.4, -0.2) is 46.4 Å². The van der Waals surface area contributed by atoms with Crippen molar-refractivity contribution in [2.75, 3.05) is 17.5 Å². The predicted octanol–water partition coefficient (Wildman–Crippen LogP) is 1.20. The molecule has 2 aromatic rings. The van der Waals surface area contributed by atoms with E-state index in [4.69, 9.17) is 4.74 Å². The van der Waals surface area contributed by atoms with Crippen molar-refractivity contribution < 1.29 is 19.7 Å². The molecule has 8 heteroatoms. The molecule has 26 heavy (non-hydrogen) atoms. The van der Waals surface area contributed by atoms with Crippen LogP contribution in [0, 0.1) is 0 Å². The SMILES string of the molecule is O=C1O[C@@H]([C@@H](O)CO)C(=N/Nc2ccccc2)/C1=N\Nc1ccccc1. The summed E-state index contributed by atoms with van der Waals surface area (Å²) >= 11 is 0. The maximum absolute atomic E-state index is 12.2. The third-order valence-electron chi connectivity index (χ3n) is 3.63. The monoisotopic (exact) mass is 354 g/mol. The van der Waals surface area contributed by atoms with Crippen molar-refractivity contribution in [2.24, 2.45) is 10.2 Å². The molecule has 4 N–H and O–H groups in total. The van der Waals surface area contributed by atoms with E-state index in [-0.39, 0.29) is 11.4 Å². The van der Waals surface area contributed by atoms with Gasteiger partial charge in [0, 0.05) is 0 Å². The van der Waals surface area contributed by atoms with E-state index in [0.717, 1.165) is 0 Å². The molecule has 1 aliphatic heterocycles. The van der Waals surface area contributed by atoms with Gasteiger partial charge in [0.25, 0.3) is 0 Å². The number of ether oxygens (including phenoxy) is 1. The van der Waals surface area contributed by atoms with E-state index in [1.54, 1.807) is 24.3 Å². The second-order valence-corrected chi connectivity index (χ2v) is 5.49. The Bertz CT molecular complexity index is 808. The van der Waals surface area contributed by atoms with Gasteiger partial charge in [0.2, 0.25) is 0 Å². The molecule has 2 atom stereocenters. The number of anilines is 2. The van der Waals surface area contributed by atoms with Gasteiger partial charge in [0.15, 0.2) is 11.8 Å². The molecule has 2 aromatic carbocycles. The second-order valence-electron chi connectivity index (χ2n) is 5.49. The van der Waals surface area contributed by atoms with Gasteiger partial charge in [-0.05, 0) is 24.3 Å². The Kier molecular flexibility index (Phi) is 5.57. The summed E-state index contributed by atoms with van der Waals surface area (Å²) in [4.78, 5) is 12.2. The Labute approximate surface area is 149 Å². The van der Waals surface area contributed by atoms with Gasteiger partial charge in [-0.3, -0.25) is 10.9 Å². The third-order valence-corrected chi connectivity index (χ3v) is 3.63. The highest BCUT2D eigenvalue weighted by Gasteiger charge is 2.42. The fourth-order valence-corrected chi connectivity index (χ4v) is 2.31. The van der Waals surface area contributed by atoms with Crippen LogP contribution in [0.5, 0.6) is 0 Å². The summed E-state index contributed by atoms with van der Waals surface area (Å²) in [6.07, 6.45) is -2.42. The van der Waals surface area contributed by atoms with E-state index in [1.807, 2.05) is 36.4 Å². The minimum atomic E-state index is -1.31. The first-order valence-corrected chi connectivity index (χ1v) is 7.96. The number of carbonyl (C=O) groups is 1. The van der Waals surface area contributed by atoms with Crippen molar-refractivity contribution >= 4 is 28.8 Å². The van der Waals surface area contributed by atoms with E-state index in [2.05, 4.69) is 21.1 Å². The number of hydrogen-bond donors (Lipinski definition) is 4. The molecule has 1 heterocycles. The number of cyclic esters (lactones) is 1. The van der Waals surface area contributed by atoms with E-state index < -0.39 is 24.8 Å². The number of hydrogen-bond acceptors (Lipinski definition) is 8. The summed E-state index contributed by atoms with van der Waals surface area (Å²) in [6, 6.07) is 18.1. The fraction of sp³-hybridized carbons (Fsp3) is 0.167. The average molecular weight is 354 g/mol. The summed E-state index contributed by atoms with van der Waals surface area (Å²) in [5.74, 6) is -0.737. The molecular weight excluding hydrogens is 336 g/mol. The average Bonchev–Trinajstić information content (AvgIpc) is 3.01. The molecule has 0 saturated carbocycles. The summed E-state index contributed by atoms with van der Waals surface area (Å²) in [7, 11) is 0. The maximum Gasteiger partial charge on any atom is 0.361 e. The summed E-state index contributed by atoms with van der Waals surface area (Å²) in [5.41, 5.74) is 6.94. The van der Waals surface area contributed by atoms with Crippen molar-refractivity contribution in [3.05, 3.63) is 60.7 Å². The summed E-state index contributed by atoms with van der Waals surface area (Å²) < 4.78 is 5.13. The minimum absolute atomic E-state index is 0.0743. The van der Waals surface area contributed by atoms with Crippen LogP contribution in [0.4, 0.5) is 11.4 Å². The molecule has 1 saturated heterocycles. The molecule has 0 amide bonds. The van der Waals surface area contributed by atoms with Crippen LogP contribution in [0.2, 0.25) is 0 Å². The van der Waals surface area contributed by atoms with Gasteiger partial charge in [-0.2, -0.15) is 10.2 Å². The minimum Gasteiger partial charge on any atom is -0.448 e. The molecule has 1 aliphatic rings. The molecule has 0 spiro atoms.